The van der Waals surface area contributed by atoms with Crippen LogP contribution in [0, 0.1) is 12.3 Å². The summed E-state index contributed by atoms with van der Waals surface area (Å²) in [5.41, 5.74) is 0.0158. The summed E-state index contributed by atoms with van der Waals surface area (Å²) in [6.07, 6.45) is 8.42. The maximum atomic E-state index is 11.9. The van der Waals surface area contributed by atoms with Crippen LogP contribution in [0.4, 0.5) is 0 Å². The molecular formula is C17H27NO3. The van der Waals surface area contributed by atoms with Gasteiger partial charge in [-0.25, -0.2) is 4.79 Å². The summed E-state index contributed by atoms with van der Waals surface area (Å²) < 4.78 is 10.8. The lowest BCUT2D eigenvalue weighted by atomic mass is 9.79. The number of carbonyl (C=O) groups excluding carboxylic acids is 1. The van der Waals surface area contributed by atoms with E-state index in [0.29, 0.717) is 0 Å². The second-order valence-corrected chi connectivity index (χ2v) is 6.77. The lowest BCUT2D eigenvalue weighted by Gasteiger charge is -2.53. The maximum absolute atomic E-state index is 11.9. The Labute approximate surface area is 128 Å². The quantitative estimate of drug-likeness (QED) is 0.346. The monoisotopic (exact) mass is 293 g/mol. The molecule has 0 aromatic carbocycles. The van der Waals surface area contributed by atoms with Crippen molar-refractivity contribution in [2.45, 2.75) is 64.6 Å². The molecule has 0 spiro atoms. The van der Waals surface area contributed by atoms with Crippen molar-refractivity contribution in [2.75, 3.05) is 13.7 Å². The Morgan fingerprint density at radius 2 is 1.86 bits per heavy atom. The first-order chi connectivity index (χ1) is 9.64. The van der Waals surface area contributed by atoms with Crippen molar-refractivity contribution >= 4 is 5.97 Å². The minimum Gasteiger partial charge on any atom is -0.483 e. The highest BCUT2D eigenvalue weighted by atomic mass is 16.6. The van der Waals surface area contributed by atoms with Crippen LogP contribution in [0.3, 0.4) is 0 Å². The van der Waals surface area contributed by atoms with Crippen LogP contribution >= 0.6 is 0 Å². The summed E-state index contributed by atoms with van der Waals surface area (Å²) in [6.45, 7) is 10.5. The smallest absolute Gasteiger partial charge is 0.374 e. The summed E-state index contributed by atoms with van der Waals surface area (Å²) in [6, 6.07) is 0. The first-order valence-corrected chi connectivity index (χ1v) is 7.31. The summed E-state index contributed by atoms with van der Waals surface area (Å²) in [5.74, 6) is 2.03. The summed E-state index contributed by atoms with van der Waals surface area (Å²) in [5, 5.41) is 0. The number of terminal acetylenes is 1. The van der Waals surface area contributed by atoms with E-state index in [0.717, 1.165) is 12.8 Å². The topological polar surface area (TPSA) is 38.8 Å². The van der Waals surface area contributed by atoms with Gasteiger partial charge in [-0.1, -0.05) is 5.92 Å². The number of rotatable bonds is 4. The molecule has 1 aliphatic rings. The molecule has 1 fully saturated rings. The highest BCUT2D eigenvalue weighted by Gasteiger charge is 2.44. The lowest BCUT2D eigenvalue weighted by Crippen LogP contribution is -2.60. The Hall–Kier alpha value is -1.47. The predicted molar refractivity (Wildman–Crippen MR) is 83.6 cm³/mol. The second-order valence-electron chi connectivity index (χ2n) is 6.77. The third-order valence-corrected chi connectivity index (χ3v) is 4.31. The molecule has 118 valence electrons. The van der Waals surface area contributed by atoms with Crippen LogP contribution in [-0.2, 0) is 14.3 Å². The summed E-state index contributed by atoms with van der Waals surface area (Å²) in [4.78, 5) is 14.2. The van der Waals surface area contributed by atoms with Crippen molar-refractivity contribution in [3.8, 4) is 12.3 Å². The third-order valence-electron chi connectivity index (χ3n) is 4.31. The Kier molecular flexibility index (Phi) is 5.47. The molecular weight excluding hydrogens is 266 g/mol. The number of esters is 1. The normalized spacial score (nSPS) is 22.4. The van der Waals surface area contributed by atoms with Crippen molar-refractivity contribution in [3.05, 3.63) is 11.8 Å². The number of likely N-dealkylation sites (tertiary alicyclic amines) is 1. The van der Waals surface area contributed by atoms with E-state index in [1.54, 1.807) is 13.0 Å². The number of piperidine rings is 1. The van der Waals surface area contributed by atoms with E-state index in [1.165, 1.54) is 0 Å². The zero-order valence-electron chi connectivity index (χ0n) is 14.0. The molecule has 0 saturated carbocycles. The molecule has 4 nitrogen and oxygen atoms in total. The number of hydrogen-bond acceptors (Lipinski definition) is 4. The van der Waals surface area contributed by atoms with Gasteiger partial charge in [0.25, 0.3) is 0 Å². The Morgan fingerprint density at radius 3 is 2.29 bits per heavy atom. The SMILES string of the molecule is C#CCOC(=O)C(=CC)OC1CC(C)(C)N(C)C(C)(C)C1. The first kappa shape index (κ1) is 17.6. The van der Waals surface area contributed by atoms with Crippen molar-refractivity contribution < 1.29 is 14.3 Å². The average Bonchev–Trinajstić information content (AvgIpc) is 2.38. The molecule has 0 aromatic rings. The molecule has 0 atom stereocenters. The van der Waals surface area contributed by atoms with Crippen molar-refractivity contribution in [1.29, 1.82) is 0 Å². The second kappa shape index (κ2) is 6.53. The number of hydrogen-bond donors (Lipinski definition) is 0. The fraction of sp³-hybridized carbons (Fsp3) is 0.706. The molecule has 0 radical (unpaired) electrons. The van der Waals surface area contributed by atoms with Gasteiger partial charge in [0.15, 0.2) is 6.61 Å². The first-order valence-electron chi connectivity index (χ1n) is 7.31. The molecule has 0 aromatic heterocycles. The Morgan fingerprint density at radius 1 is 1.33 bits per heavy atom. The van der Waals surface area contributed by atoms with Gasteiger partial charge < -0.3 is 9.47 Å². The van der Waals surface area contributed by atoms with Gasteiger partial charge in [-0.05, 0) is 47.7 Å². The van der Waals surface area contributed by atoms with Crippen LogP contribution in [0.15, 0.2) is 11.8 Å². The van der Waals surface area contributed by atoms with Crippen LogP contribution in [-0.4, -0.2) is 41.7 Å². The van der Waals surface area contributed by atoms with E-state index in [-0.39, 0.29) is 29.5 Å². The van der Waals surface area contributed by atoms with Crippen molar-refractivity contribution in [2.24, 2.45) is 0 Å². The fourth-order valence-electron chi connectivity index (χ4n) is 2.95. The zero-order valence-corrected chi connectivity index (χ0v) is 14.0. The molecule has 21 heavy (non-hydrogen) atoms. The number of ether oxygens (including phenoxy) is 2. The fourth-order valence-corrected chi connectivity index (χ4v) is 2.95. The highest BCUT2D eigenvalue weighted by Crippen LogP contribution is 2.38. The van der Waals surface area contributed by atoms with Crippen LogP contribution in [0.2, 0.25) is 0 Å². The molecule has 4 heteroatoms. The standard InChI is InChI=1S/C17H27NO3/c1-8-10-20-15(19)14(9-2)21-13-11-16(3,4)18(7)17(5,6)12-13/h1,9,13H,10-12H2,2-7H3. The van der Waals surface area contributed by atoms with Gasteiger partial charge in [0, 0.05) is 23.9 Å². The molecule has 0 unspecified atom stereocenters. The van der Waals surface area contributed by atoms with Gasteiger partial charge in [-0.2, -0.15) is 0 Å². The predicted octanol–water partition coefficient (Wildman–Crippen LogP) is 2.73. The molecule has 0 amide bonds. The van der Waals surface area contributed by atoms with Crippen molar-refractivity contribution in [1.82, 2.24) is 4.90 Å². The molecule has 0 N–H and O–H groups in total. The van der Waals surface area contributed by atoms with E-state index >= 15 is 0 Å². The number of carbonyl (C=O) groups is 1. The lowest BCUT2D eigenvalue weighted by molar-refractivity contribution is -0.145. The van der Waals surface area contributed by atoms with E-state index in [2.05, 4.69) is 45.6 Å². The average molecular weight is 293 g/mol. The molecule has 1 saturated heterocycles. The van der Waals surface area contributed by atoms with Gasteiger partial charge in [-0.15, -0.1) is 6.42 Å². The van der Waals surface area contributed by atoms with E-state index < -0.39 is 5.97 Å². The Balaban J connectivity index is 2.78. The molecule has 0 aliphatic carbocycles. The van der Waals surface area contributed by atoms with Crippen LogP contribution in [0.5, 0.6) is 0 Å². The molecule has 1 rings (SSSR count). The van der Waals surface area contributed by atoms with Gasteiger partial charge in [0.05, 0.1) is 0 Å². The van der Waals surface area contributed by atoms with Gasteiger partial charge in [-0.3, -0.25) is 4.90 Å². The highest BCUT2D eigenvalue weighted by molar-refractivity contribution is 5.86. The number of nitrogens with zero attached hydrogens (tertiary/aromatic N) is 1. The largest absolute Gasteiger partial charge is 0.483 e. The van der Waals surface area contributed by atoms with Crippen molar-refractivity contribution in [3.63, 3.8) is 0 Å². The minimum absolute atomic E-state index is 0.00792. The van der Waals surface area contributed by atoms with Crippen LogP contribution in [0.1, 0.15) is 47.5 Å². The van der Waals surface area contributed by atoms with E-state index in [9.17, 15) is 4.79 Å². The summed E-state index contributed by atoms with van der Waals surface area (Å²) in [7, 11) is 2.13. The zero-order chi connectivity index (χ0) is 16.3. The van der Waals surface area contributed by atoms with Crippen LogP contribution in [0.25, 0.3) is 0 Å². The van der Waals surface area contributed by atoms with Gasteiger partial charge >= 0.3 is 5.97 Å². The van der Waals surface area contributed by atoms with Gasteiger partial charge in [0.2, 0.25) is 5.76 Å². The van der Waals surface area contributed by atoms with Crippen LogP contribution < -0.4 is 0 Å². The van der Waals surface area contributed by atoms with E-state index in [4.69, 9.17) is 15.9 Å². The molecule has 1 aliphatic heterocycles. The Bertz CT molecular complexity index is 439. The maximum Gasteiger partial charge on any atom is 0.374 e. The number of allylic oxidation sites excluding steroid dienone is 1. The molecule has 1 heterocycles. The molecule has 0 bridgehead atoms. The third kappa shape index (κ3) is 4.25. The minimum atomic E-state index is -0.495. The summed E-state index contributed by atoms with van der Waals surface area (Å²) >= 11 is 0. The van der Waals surface area contributed by atoms with E-state index in [1.807, 2.05) is 0 Å². The van der Waals surface area contributed by atoms with Gasteiger partial charge in [0.1, 0.15) is 6.10 Å².